The molecule has 21 heavy (non-hydrogen) atoms. The van der Waals surface area contributed by atoms with Crippen LogP contribution in [0.2, 0.25) is 0 Å². The van der Waals surface area contributed by atoms with Gasteiger partial charge in [-0.25, -0.2) is 4.98 Å². The predicted octanol–water partition coefficient (Wildman–Crippen LogP) is 2.90. The van der Waals surface area contributed by atoms with E-state index in [1.807, 2.05) is 19.2 Å². The second kappa shape index (κ2) is 6.41. The van der Waals surface area contributed by atoms with E-state index in [4.69, 9.17) is 9.47 Å². The Bertz CT molecular complexity index is 611. The average molecular weight is 286 g/mol. The maximum atomic E-state index is 5.90. The minimum absolute atomic E-state index is 0.0126. The van der Waals surface area contributed by atoms with Crippen molar-refractivity contribution in [2.45, 2.75) is 38.5 Å². The summed E-state index contributed by atoms with van der Waals surface area (Å²) < 4.78 is 11.0. The highest BCUT2D eigenvalue weighted by Gasteiger charge is 2.20. The molecule has 2 aromatic rings. The van der Waals surface area contributed by atoms with Gasteiger partial charge in [-0.1, -0.05) is 18.2 Å². The molecule has 1 aromatic heterocycles. The highest BCUT2D eigenvalue weighted by molar-refractivity contribution is 5.89. The number of hydrogen-bond donors (Lipinski definition) is 1. The van der Waals surface area contributed by atoms with Crippen molar-refractivity contribution in [3.63, 3.8) is 0 Å². The lowest BCUT2D eigenvalue weighted by Crippen LogP contribution is -2.19. The van der Waals surface area contributed by atoms with Crippen molar-refractivity contribution in [3.05, 3.63) is 36.0 Å². The van der Waals surface area contributed by atoms with Crippen LogP contribution < -0.4 is 10.1 Å². The lowest BCUT2D eigenvalue weighted by Gasteiger charge is -2.16. The predicted molar refractivity (Wildman–Crippen MR) is 83.6 cm³/mol. The van der Waals surface area contributed by atoms with E-state index < -0.39 is 0 Å². The lowest BCUT2D eigenvalue weighted by molar-refractivity contribution is 0.0901. The van der Waals surface area contributed by atoms with E-state index in [0.29, 0.717) is 18.5 Å². The molecule has 1 fully saturated rings. The summed E-state index contributed by atoms with van der Waals surface area (Å²) in [5.74, 6) is 0.685. The van der Waals surface area contributed by atoms with Gasteiger partial charge in [-0.05, 0) is 36.8 Å². The third-order valence-electron chi connectivity index (χ3n) is 3.71. The van der Waals surface area contributed by atoms with Gasteiger partial charge in [0.25, 0.3) is 0 Å². The number of hydrogen-bond acceptors (Lipinski definition) is 4. The quantitative estimate of drug-likeness (QED) is 0.850. The molecular weight excluding hydrogens is 264 g/mol. The molecule has 1 saturated carbocycles. The Labute approximate surface area is 125 Å². The molecule has 0 aliphatic heterocycles. The van der Waals surface area contributed by atoms with Crippen LogP contribution in [0.1, 0.15) is 25.3 Å². The van der Waals surface area contributed by atoms with Crippen LogP contribution in [-0.2, 0) is 11.3 Å². The molecule has 1 aliphatic carbocycles. The van der Waals surface area contributed by atoms with Gasteiger partial charge in [0.1, 0.15) is 6.10 Å². The first kappa shape index (κ1) is 14.3. The molecule has 3 rings (SSSR count). The smallest absolute Gasteiger partial charge is 0.221 e. The molecule has 1 aromatic carbocycles. The zero-order chi connectivity index (χ0) is 14.7. The van der Waals surface area contributed by atoms with Crippen LogP contribution in [0.4, 0.5) is 0 Å². The first-order valence-corrected chi connectivity index (χ1v) is 7.53. The van der Waals surface area contributed by atoms with Gasteiger partial charge in [0.2, 0.25) is 5.88 Å². The molecule has 1 aliphatic rings. The van der Waals surface area contributed by atoms with Crippen LogP contribution in [0.3, 0.4) is 0 Å². The molecule has 0 saturated heterocycles. The Morgan fingerprint density at radius 2 is 2.05 bits per heavy atom. The highest BCUT2D eigenvalue weighted by atomic mass is 16.5. The molecule has 4 heteroatoms. The number of aromatic nitrogens is 1. The number of fused-ring (bicyclic) bond motifs is 1. The van der Waals surface area contributed by atoms with E-state index >= 15 is 0 Å². The van der Waals surface area contributed by atoms with Gasteiger partial charge in [0, 0.05) is 31.3 Å². The molecule has 1 unspecified atom stereocenters. The maximum Gasteiger partial charge on any atom is 0.221 e. The van der Waals surface area contributed by atoms with Gasteiger partial charge in [-0.15, -0.1) is 0 Å². The molecule has 0 spiro atoms. The fraction of sp³-hybridized carbons (Fsp3) is 0.471. The molecule has 1 N–H and O–H groups in total. The van der Waals surface area contributed by atoms with E-state index in [-0.39, 0.29) is 6.10 Å². The first-order chi connectivity index (χ1) is 10.3. The van der Waals surface area contributed by atoms with E-state index in [1.54, 1.807) is 7.11 Å². The molecule has 4 nitrogen and oxygen atoms in total. The van der Waals surface area contributed by atoms with Gasteiger partial charge in [-0.3, -0.25) is 0 Å². The van der Waals surface area contributed by atoms with Gasteiger partial charge in [0.05, 0.1) is 6.61 Å². The van der Waals surface area contributed by atoms with Gasteiger partial charge in [0.15, 0.2) is 0 Å². The van der Waals surface area contributed by atoms with Crippen molar-refractivity contribution in [1.29, 1.82) is 0 Å². The molecule has 0 amide bonds. The molecule has 0 radical (unpaired) electrons. The Balaban J connectivity index is 1.86. The van der Waals surface area contributed by atoms with Crippen molar-refractivity contribution in [2.24, 2.45) is 0 Å². The van der Waals surface area contributed by atoms with Gasteiger partial charge < -0.3 is 14.8 Å². The van der Waals surface area contributed by atoms with Gasteiger partial charge >= 0.3 is 0 Å². The number of nitrogens with zero attached hydrogens (tertiary/aromatic N) is 1. The molecule has 1 atom stereocenters. The Morgan fingerprint density at radius 1 is 1.29 bits per heavy atom. The third-order valence-corrected chi connectivity index (χ3v) is 3.71. The van der Waals surface area contributed by atoms with E-state index in [2.05, 4.69) is 28.5 Å². The topological polar surface area (TPSA) is 43.4 Å². The molecule has 1 heterocycles. The monoisotopic (exact) mass is 286 g/mol. The standard InChI is InChI=1S/C17H22N2O2/c1-12(11-20-2)21-17-16-6-4-3-5-15(16)13(10-19-17)9-18-14-7-8-14/h3-6,10,12,14,18H,7-9,11H2,1-2H3. The Hall–Kier alpha value is -1.65. The second-order valence-electron chi connectivity index (χ2n) is 5.67. The van der Waals surface area contributed by atoms with Crippen molar-refractivity contribution < 1.29 is 9.47 Å². The van der Waals surface area contributed by atoms with Crippen LogP contribution in [0, 0.1) is 0 Å². The number of ether oxygens (including phenoxy) is 2. The molecular formula is C17H22N2O2. The summed E-state index contributed by atoms with van der Waals surface area (Å²) in [7, 11) is 1.68. The molecule has 0 bridgehead atoms. The van der Waals surface area contributed by atoms with Crippen molar-refractivity contribution in [3.8, 4) is 5.88 Å². The van der Waals surface area contributed by atoms with Crippen molar-refractivity contribution in [1.82, 2.24) is 10.3 Å². The zero-order valence-corrected chi connectivity index (χ0v) is 12.6. The average Bonchev–Trinajstić information content (AvgIpc) is 3.31. The molecule has 112 valence electrons. The summed E-state index contributed by atoms with van der Waals surface area (Å²) >= 11 is 0. The summed E-state index contributed by atoms with van der Waals surface area (Å²) in [6, 6.07) is 8.98. The summed E-state index contributed by atoms with van der Waals surface area (Å²) in [6.45, 7) is 3.41. The summed E-state index contributed by atoms with van der Waals surface area (Å²) in [6.07, 6.45) is 4.50. The highest BCUT2D eigenvalue weighted by Crippen LogP contribution is 2.27. The van der Waals surface area contributed by atoms with Crippen LogP contribution in [0.5, 0.6) is 5.88 Å². The Kier molecular flexibility index (Phi) is 4.36. The summed E-state index contributed by atoms with van der Waals surface area (Å²) in [4.78, 5) is 4.51. The van der Waals surface area contributed by atoms with Gasteiger partial charge in [-0.2, -0.15) is 0 Å². The Morgan fingerprint density at radius 3 is 2.76 bits per heavy atom. The van der Waals surface area contributed by atoms with E-state index in [0.717, 1.165) is 11.9 Å². The zero-order valence-electron chi connectivity index (χ0n) is 12.6. The second-order valence-corrected chi connectivity index (χ2v) is 5.67. The third kappa shape index (κ3) is 3.52. The summed E-state index contributed by atoms with van der Waals surface area (Å²) in [5, 5.41) is 5.82. The van der Waals surface area contributed by atoms with Crippen LogP contribution >= 0.6 is 0 Å². The SMILES string of the molecule is COCC(C)Oc1ncc(CNC2CC2)c2ccccc12. The maximum absolute atomic E-state index is 5.90. The number of pyridine rings is 1. The largest absolute Gasteiger partial charge is 0.472 e. The lowest BCUT2D eigenvalue weighted by atomic mass is 10.1. The summed E-state index contributed by atoms with van der Waals surface area (Å²) in [5.41, 5.74) is 1.23. The number of methoxy groups -OCH3 is 1. The van der Waals surface area contributed by atoms with E-state index in [1.165, 1.54) is 23.8 Å². The van der Waals surface area contributed by atoms with Crippen LogP contribution in [0.15, 0.2) is 30.5 Å². The normalized spacial score (nSPS) is 16.1. The van der Waals surface area contributed by atoms with Crippen molar-refractivity contribution >= 4 is 10.8 Å². The van der Waals surface area contributed by atoms with Crippen molar-refractivity contribution in [2.75, 3.05) is 13.7 Å². The number of rotatable bonds is 7. The first-order valence-electron chi connectivity index (χ1n) is 7.53. The van der Waals surface area contributed by atoms with E-state index in [9.17, 15) is 0 Å². The fourth-order valence-corrected chi connectivity index (χ4v) is 2.46. The van der Waals surface area contributed by atoms with Crippen LogP contribution in [-0.4, -0.2) is 30.8 Å². The minimum Gasteiger partial charge on any atom is -0.472 e. The number of benzene rings is 1. The minimum atomic E-state index is -0.0126. The number of nitrogens with one attached hydrogen (secondary N) is 1. The van der Waals surface area contributed by atoms with Crippen LogP contribution in [0.25, 0.3) is 10.8 Å². The fourth-order valence-electron chi connectivity index (χ4n) is 2.46.